The molecule has 142 valence electrons. The Morgan fingerprint density at radius 1 is 0.391 bits per heavy atom. The molecule has 0 N–H and O–H groups in total. The van der Waals surface area contributed by atoms with Crippen molar-refractivity contribution in [2.45, 2.75) is 111 Å². The summed E-state index contributed by atoms with van der Waals surface area (Å²) in [5.41, 5.74) is 0. The van der Waals surface area contributed by atoms with Crippen molar-refractivity contribution < 1.29 is 24.0 Å². The quantitative estimate of drug-likeness (QED) is 0.161. The fourth-order valence-electron chi connectivity index (χ4n) is 4.03. The van der Waals surface area contributed by atoms with Crippen LogP contribution in [0.2, 0.25) is 0 Å². The summed E-state index contributed by atoms with van der Waals surface area (Å²) in [5, 5.41) is 0. The lowest BCUT2D eigenvalue weighted by Crippen LogP contribution is -3.00. The first-order chi connectivity index (χ1) is 10.7. The van der Waals surface area contributed by atoms with Gasteiger partial charge in [-0.3, -0.25) is 0 Å². The molecule has 0 aliphatic rings. The summed E-state index contributed by atoms with van der Waals surface area (Å²) in [6.45, 7) is 9.51. The first-order valence-electron chi connectivity index (χ1n) is 10.6. The van der Waals surface area contributed by atoms with Crippen molar-refractivity contribution in [1.29, 1.82) is 0 Å². The third kappa shape index (κ3) is 15.2. The highest BCUT2D eigenvalue weighted by atomic mass is 127. The minimum atomic E-state index is -0.570. The van der Waals surface area contributed by atoms with Crippen molar-refractivity contribution in [2.75, 3.05) is 24.6 Å². The van der Waals surface area contributed by atoms with Crippen LogP contribution in [0, 0.1) is 0 Å². The average molecular weight is 456 g/mol. The van der Waals surface area contributed by atoms with Crippen LogP contribution < -0.4 is 24.0 Å². The van der Waals surface area contributed by atoms with E-state index in [-0.39, 0.29) is 24.0 Å². The van der Waals surface area contributed by atoms with E-state index in [1.807, 2.05) is 0 Å². The van der Waals surface area contributed by atoms with Gasteiger partial charge in [0.1, 0.15) is 0 Å². The molecule has 0 atom stereocenters. The topological polar surface area (TPSA) is 0 Å². The van der Waals surface area contributed by atoms with Crippen molar-refractivity contribution in [3.63, 3.8) is 0 Å². The van der Waals surface area contributed by atoms with E-state index in [9.17, 15) is 0 Å². The Morgan fingerprint density at radius 2 is 0.739 bits per heavy atom. The Kier molecular flexibility index (Phi) is 22.4. The standard InChI is InChI=1S/C21H46P.HI/c1-5-9-10-11-12-13-14-15-16-17-21-22(18-6-2,19-7-3)20-8-4;/h5-21H2,1-4H3;1H/q+1;/p-1. The highest BCUT2D eigenvalue weighted by molar-refractivity contribution is 7.75. The zero-order valence-corrected chi connectivity index (χ0v) is 19.9. The maximum absolute atomic E-state index is 2.40. The van der Waals surface area contributed by atoms with Crippen molar-refractivity contribution in [3.05, 3.63) is 0 Å². The maximum atomic E-state index is 2.40. The van der Waals surface area contributed by atoms with Crippen molar-refractivity contribution in [2.24, 2.45) is 0 Å². The third-order valence-corrected chi connectivity index (χ3v) is 10.5. The van der Waals surface area contributed by atoms with Gasteiger partial charge in [0.05, 0.1) is 24.6 Å². The molecule has 0 aromatic rings. The average Bonchev–Trinajstić information content (AvgIpc) is 2.50. The van der Waals surface area contributed by atoms with Gasteiger partial charge in [-0.25, -0.2) is 0 Å². The zero-order valence-electron chi connectivity index (χ0n) is 16.8. The smallest absolute Gasteiger partial charge is 0.0594 e. The molecule has 0 saturated carbocycles. The van der Waals surface area contributed by atoms with Crippen LogP contribution in [0.5, 0.6) is 0 Å². The van der Waals surface area contributed by atoms with Crippen LogP contribution in [0.3, 0.4) is 0 Å². The molecule has 0 heterocycles. The second-order valence-electron chi connectivity index (χ2n) is 7.42. The summed E-state index contributed by atoms with van der Waals surface area (Å²) in [6, 6.07) is 0. The SMILES string of the molecule is CCCCCCCCCCCC[P+](CCC)(CCC)CCC.[I-]. The Balaban J connectivity index is 0. The van der Waals surface area contributed by atoms with Crippen LogP contribution in [0.25, 0.3) is 0 Å². The second kappa shape index (κ2) is 19.5. The van der Waals surface area contributed by atoms with E-state index in [1.54, 1.807) is 24.6 Å². The number of halogens is 1. The van der Waals surface area contributed by atoms with Crippen LogP contribution in [-0.2, 0) is 0 Å². The largest absolute Gasteiger partial charge is 1.00 e. The molecular formula is C21H46IP. The Hall–Kier alpha value is 1.16. The van der Waals surface area contributed by atoms with E-state index in [0.717, 1.165) is 0 Å². The molecule has 23 heavy (non-hydrogen) atoms. The minimum Gasteiger partial charge on any atom is -1.00 e. The maximum Gasteiger partial charge on any atom is 0.0594 e. The van der Waals surface area contributed by atoms with Gasteiger partial charge in [-0.1, -0.05) is 79.1 Å². The normalized spacial score (nSPS) is 11.5. The fourth-order valence-corrected chi connectivity index (χ4v) is 9.11. The van der Waals surface area contributed by atoms with Crippen molar-refractivity contribution in [3.8, 4) is 0 Å². The summed E-state index contributed by atoms with van der Waals surface area (Å²) in [5.74, 6) is 0. The molecule has 0 aromatic heterocycles. The second-order valence-corrected chi connectivity index (χ2v) is 11.9. The van der Waals surface area contributed by atoms with Crippen molar-refractivity contribution in [1.82, 2.24) is 0 Å². The lowest BCUT2D eigenvalue weighted by Gasteiger charge is -2.27. The zero-order chi connectivity index (χ0) is 16.5. The third-order valence-electron chi connectivity index (χ3n) is 5.08. The van der Waals surface area contributed by atoms with Crippen LogP contribution in [0.1, 0.15) is 111 Å². The van der Waals surface area contributed by atoms with Gasteiger partial charge in [-0.05, 0) is 32.1 Å². The molecule has 0 fully saturated rings. The van der Waals surface area contributed by atoms with Gasteiger partial charge in [0.15, 0.2) is 0 Å². The van der Waals surface area contributed by atoms with Gasteiger partial charge < -0.3 is 24.0 Å². The predicted molar refractivity (Wildman–Crippen MR) is 109 cm³/mol. The molecule has 0 saturated heterocycles. The molecule has 0 aliphatic carbocycles. The highest BCUT2D eigenvalue weighted by Crippen LogP contribution is 2.60. The number of unbranched alkanes of at least 4 members (excludes halogenated alkanes) is 9. The van der Waals surface area contributed by atoms with Gasteiger partial charge >= 0.3 is 0 Å². The van der Waals surface area contributed by atoms with E-state index in [1.165, 1.54) is 83.5 Å². The Bertz CT molecular complexity index is 201. The highest BCUT2D eigenvalue weighted by Gasteiger charge is 2.33. The first-order valence-corrected chi connectivity index (χ1v) is 13.1. The summed E-state index contributed by atoms with van der Waals surface area (Å²) in [6.07, 6.45) is 25.4. The fraction of sp³-hybridized carbons (Fsp3) is 1.00. The molecular weight excluding hydrogens is 410 g/mol. The Labute approximate surface area is 166 Å². The van der Waals surface area contributed by atoms with Gasteiger partial charge in [0.25, 0.3) is 0 Å². The lowest BCUT2D eigenvalue weighted by molar-refractivity contribution is -0.00000516. The summed E-state index contributed by atoms with van der Waals surface area (Å²) >= 11 is 0. The molecule has 0 bridgehead atoms. The van der Waals surface area contributed by atoms with Crippen LogP contribution in [0.4, 0.5) is 0 Å². The number of rotatable bonds is 17. The van der Waals surface area contributed by atoms with Crippen LogP contribution in [0.15, 0.2) is 0 Å². The number of hydrogen-bond donors (Lipinski definition) is 0. The summed E-state index contributed by atoms with van der Waals surface area (Å²) in [7, 11) is -0.570. The lowest BCUT2D eigenvalue weighted by atomic mass is 10.1. The summed E-state index contributed by atoms with van der Waals surface area (Å²) in [4.78, 5) is 0. The van der Waals surface area contributed by atoms with Crippen LogP contribution in [-0.4, -0.2) is 24.6 Å². The minimum absolute atomic E-state index is 0. The van der Waals surface area contributed by atoms with Crippen LogP contribution >= 0.6 is 7.26 Å². The van der Waals surface area contributed by atoms with E-state index >= 15 is 0 Å². The number of hydrogen-bond acceptors (Lipinski definition) is 0. The Morgan fingerprint density at radius 3 is 1.09 bits per heavy atom. The van der Waals surface area contributed by atoms with E-state index < -0.39 is 7.26 Å². The van der Waals surface area contributed by atoms with Crippen molar-refractivity contribution >= 4 is 7.26 Å². The molecule has 0 radical (unpaired) electrons. The monoisotopic (exact) mass is 456 g/mol. The first kappa shape index (κ1) is 26.4. The van der Waals surface area contributed by atoms with Gasteiger partial charge in [-0.15, -0.1) is 0 Å². The summed E-state index contributed by atoms with van der Waals surface area (Å²) < 4.78 is 0. The predicted octanol–water partition coefficient (Wildman–Crippen LogP) is 5.16. The molecule has 0 aliphatic heterocycles. The molecule has 0 nitrogen and oxygen atoms in total. The van der Waals surface area contributed by atoms with Gasteiger partial charge in [0, 0.05) is 7.26 Å². The molecule has 0 amide bonds. The van der Waals surface area contributed by atoms with E-state index in [2.05, 4.69) is 27.7 Å². The van der Waals surface area contributed by atoms with Gasteiger partial charge in [0.2, 0.25) is 0 Å². The molecule has 0 spiro atoms. The molecule has 0 aromatic carbocycles. The molecule has 2 heteroatoms. The van der Waals surface area contributed by atoms with E-state index in [0.29, 0.717) is 0 Å². The molecule has 0 unspecified atom stereocenters. The van der Waals surface area contributed by atoms with E-state index in [4.69, 9.17) is 0 Å². The molecule has 0 rings (SSSR count). The van der Waals surface area contributed by atoms with Gasteiger partial charge in [-0.2, -0.15) is 0 Å².